The van der Waals surface area contributed by atoms with Gasteiger partial charge in [0, 0.05) is 12.8 Å². The van der Waals surface area contributed by atoms with Gasteiger partial charge in [-0.2, -0.15) is 0 Å². The molecule has 3 heteroatoms. The fourth-order valence-corrected chi connectivity index (χ4v) is 2.32. The van der Waals surface area contributed by atoms with E-state index in [0.717, 1.165) is 44.9 Å². The highest BCUT2D eigenvalue weighted by atomic mass is 16.3. The zero-order valence-corrected chi connectivity index (χ0v) is 17.4. The van der Waals surface area contributed by atoms with Gasteiger partial charge in [-0.3, -0.25) is 4.79 Å². The largest absolute Gasteiger partial charge is 0.394 e. The van der Waals surface area contributed by atoms with Crippen LogP contribution in [0.25, 0.3) is 0 Å². The van der Waals surface area contributed by atoms with Crippen molar-refractivity contribution in [2.24, 2.45) is 0 Å². The first-order valence-corrected chi connectivity index (χ1v) is 10.5. The van der Waals surface area contributed by atoms with Crippen molar-refractivity contribution in [3.63, 3.8) is 0 Å². The summed E-state index contributed by atoms with van der Waals surface area (Å²) >= 11 is 0. The Morgan fingerprint density at radius 1 is 0.857 bits per heavy atom. The van der Waals surface area contributed by atoms with Crippen LogP contribution in [0.15, 0.2) is 66.5 Å². The highest BCUT2D eigenvalue weighted by molar-refractivity contribution is 5.78. The number of aliphatic hydroxyl groups excluding tert-OH is 2. The van der Waals surface area contributed by atoms with E-state index in [4.69, 9.17) is 5.11 Å². The molecule has 0 saturated heterocycles. The van der Waals surface area contributed by atoms with Crippen LogP contribution in [-0.2, 0) is 4.79 Å². The molecule has 3 nitrogen and oxygen atoms in total. The Labute approximate surface area is 171 Å². The van der Waals surface area contributed by atoms with Crippen molar-refractivity contribution in [3.8, 4) is 0 Å². The summed E-state index contributed by atoms with van der Waals surface area (Å²) in [6.07, 6.45) is 28.4. The highest BCUT2D eigenvalue weighted by Crippen LogP contribution is 2.04. The minimum atomic E-state index is -0.773. The summed E-state index contributed by atoms with van der Waals surface area (Å²) in [5, 5.41) is 17.9. The van der Waals surface area contributed by atoms with Gasteiger partial charge in [-0.25, -0.2) is 0 Å². The predicted molar refractivity (Wildman–Crippen MR) is 119 cm³/mol. The van der Waals surface area contributed by atoms with Gasteiger partial charge in [0.25, 0.3) is 0 Å². The van der Waals surface area contributed by atoms with Crippen LogP contribution >= 0.6 is 0 Å². The molecular formula is C25H38O3. The zero-order valence-electron chi connectivity index (χ0n) is 17.4. The zero-order chi connectivity index (χ0) is 20.7. The number of carbonyl (C=O) groups is 1. The lowest BCUT2D eigenvalue weighted by molar-refractivity contribution is -0.119. The Kier molecular flexibility index (Phi) is 19.9. The van der Waals surface area contributed by atoms with Gasteiger partial charge >= 0.3 is 0 Å². The topological polar surface area (TPSA) is 57.5 Å². The number of hydrogen-bond donors (Lipinski definition) is 2. The van der Waals surface area contributed by atoms with E-state index in [2.05, 4.69) is 61.3 Å². The first-order valence-electron chi connectivity index (χ1n) is 10.5. The Hall–Kier alpha value is -1.93. The number of carbonyl (C=O) groups excluding carboxylic acids is 1. The first-order chi connectivity index (χ1) is 13.7. The monoisotopic (exact) mass is 386 g/mol. The molecule has 28 heavy (non-hydrogen) atoms. The molecule has 2 N–H and O–H groups in total. The number of unbranched alkanes of at least 4 members (excludes halogenated alkanes) is 1. The van der Waals surface area contributed by atoms with Crippen LogP contribution in [0.2, 0.25) is 0 Å². The number of Topliss-reactive ketones (excluding diaryl/α,β-unsaturated/α-hetero) is 1. The number of ketones is 1. The smallest absolute Gasteiger partial charge is 0.133 e. The summed E-state index contributed by atoms with van der Waals surface area (Å²) in [5.41, 5.74) is 3.14. The van der Waals surface area contributed by atoms with Gasteiger partial charge < -0.3 is 10.2 Å². The third-order valence-corrected chi connectivity index (χ3v) is 3.98. The maximum atomic E-state index is 11.6. The van der Waals surface area contributed by atoms with Crippen LogP contribution in [0.4, 0.5) is 0 Å². The fraction of sp³-hybridized carbons (Fsp3) is 0.520. The van der Waals surface area contributed by atoms with Gasteiger partial charge in [0.15, 0.2) is 0 Å². The maximum Gasteiger partial charge on any atom is 0.133 e. The Bertz CT molecular complexity index is 546. The molecule has 0 heterocycles. The SMILES string of the molecule is CC/C=C\C/C=C\C/C=C\C/C=C\CC=C=CCCCC(=O)CCC(O)CO. The number of hydrogen-bond acceptors (Lipinski definition) is 3. The molecule has 0 saturated carbocycles. The van der Waals surface area contributed by atoms with Crippen LogP contribution in [0.3, 0.4) is 0 Å². The van der Waals surface area contributed by atoms with E-state index in [9.17, 15) is 9.90 Å². The molecule has 1 unspecified atom stereocenters. The molecule has 0 radical (unpaired) electrons. The van der Waals surface area contributed by atoms with Crippen molar-refractivity contribution in [1.29, 1.82) is 0 Å². The Balaban J connectivity index is 3.62. The average Bonchev–Trinajstić information content (AvgIpc) is 2.71. The van der Waals surface area contributed by atoms with Crippen LogP contribution in [0.1, 0.15) is 71.1 Å². The highest BCUT2D eigenvalue weighted by Gasteiger charge is 2.06. The third-order valence-electron chi connectivity index (χ3n) is 3.98. The quantitative estimate of drug-likeness (QED) is 0.190. The van der Waals surface area contributed by atoms with Crippen molar-refractivity contribution in [2.75, 3.05) is 6.61 Å². The lowest BCUT2D eigenvalue weighted by Crippen LogP contribution is -2.13. The lowest BCUT2D eigenvalue weighted by atomic mass is 10.1. The van der Waals surface area contributed by atoms with Crippen LogP contribution in [-0.4, -0.2) is 28.7 Å². The van der Waals surface area contributed by atoms with E-state index in [-0.39, 0.29) is 12.4 Å². The first kappa shape index (κ1) is 26.1. The second kappa shape index (κ2) is 21.4. The van der Waals surface area contributed by atoms with Gasteiger partial charge in [0.1, 0.15) is 5.78 Å². The Morgan fingerprint density at radius 2 is 1.43 bits per heavy atom. The predicted octanol–water partition coefficient (Wildman–Crippen LogP) is 5.77. The third kappa shape index (κ3) is 20.4. The normalized spacial score (nSPS) is 13.0. The molecule has 0 aliphatic heterocycles. The number of rotatable bonds is 17. The van der Waals surface area contributed by atoms with Gasteiger partial charge in [-0.15, -0.1) is 5.73 Å². The summed E-state index contributed by atoms with van der Waals surface area (Å²) in [7, 11) is 0. The lowest BCUT2D eigenvalue weighted by Gasteiger charge is -2.05. The van der Waals surface area contributed by atoms with Crippen molar-refractivity contribution < 1.29 is 15.0 Å². The molecule has 0 aromatic rings. The molecule has 0 fully saturated rings. The summed E-state index contributed by atoms with van der Waals surface area (Å²) in [6, 6.07) is 0. The second-order valence-electron chi connectivity index (χ2n) is 6.62. The van der Waals surface area contributed by atoms with Crippen LogP contribution < -0.4 is 0 Å². The molecule has 0 bridgehead atoms. The Morgan fingerprint density at radius 3 is 2.00 bits per heavy atom. The minimum Gasteiger partial charge on any atom is -0.394 e. The van der Waals surface area contributed by atoms with Crippen LogP contribution in [0, 0.1) is 0 Å². The maximum absolute atomic E-state index is 11.6. The van der Waals surface area contributed by atoms with E-state index in [0.29, 0.717) is 19.3 Å². The fourth-order valence-electron chi connectivity index (χ4n) is 2.32. The molecule has 0 rings (SSSR count). The molecule has 0 aromatic carbocycles. The van der Waals surface area contributed by atoms with Gasteiger partial charge in [-0.05, 0) is 63.5 Å². The minimum absolute atomic E-state index is 0.143. The molecule has 1 atom stereocenters. The molecule has 0 spiro atoms. The number of aliphatic hydroxyl groups is 2. The second-order valence-corrected chi connectivity index (χ2v) is 6.62. The summed E-state index contributed by atoms with van der Waals surface area (Å²) in [6.45, 7) is 1.87. The van der Waals surface area contributed by atoms with Crippen molar-refractivity contribution in [2.45, 2.75) is 77.2 Å². The van der Waals surface area contributed by atoms with Crippen molar-refractivity contribution >= 4 is 5.78 Å². The van der Waals surface area contributed by atoms with Crippen molar-refractivity contribution in [1.82, 2.24) is 0 Å². The molecular weight excluding hydrogens is 348 g/mol. The van der Waals surface area contributed by atoms with Crippen molar-refractivity contribution in [3.05, 3.63) is 66.5 Å². The molecule has 0 aliphatic rings. The summed E-state index contributed by atoms with van der Waals surface area (Å²) in [4.78, 5) is 11.6. The molecule has 156 valence electrons. The summed E-state index contributed by atoms with van der Waals surface area (Å²) < 4.78 is 0. The van der Waals surface area contributed by atoms with E-state index < -0.39 is 6.10 Å². The van der Waals surface area contributed by atoms with E-state index in [1.54, 1.807) is 0 Å². The van der Waals surface area contributed by atoms with Crippen LogP contribution in [0.5, 0.6) is 0 Å². The van der Waals surface area contributed by atoms with Gasteiger partial charge in [-0.1, -0.05) is 55.5 Å². The molecule has 0 amide bonds. The van der Waals surface area contributed by atoms with E-state index in [1.807, 2.05) is 12.2 Å². The molecule has 0 aliphatic carbocycles. The molecule has 0 aromatic heterocycles. The van der Waals surface area contributed by atoms with E-state index >= 15 is 0 Å². The standard InChI is InChI=1S/C25H38O3/c1-2-3-4-5-6-7-8-9-10-11-12-13-14-15-16-17-18-19-20-24(27)21-22-25(28)23-26/h3-4,6-7,9-10,12-13,15,17,25-26,28H,2,5,8,11,14,18-23H2,1H3/b4-3-,7-6-,10-9-,13-12-. The van der Waals surface area contributed by atoms with E-state index in [1.165, 1.54) is 0 Å². The summed E-state index contributed by atoms with van der Waals surface area (Å²) in [5.74, 6) is 0.143. The van der Waals surface area contributed by atoms with Gasteiger partial charge in [0.2, 0.25) is 0 Å². The number of allylic oxidation sites excluding steroid dienone is 9. The average molecular weight is 387 g/mol. The van der Waals surface area contributed by atoms with Gasteiger partial charge in [0.05, 0.1) is 12.7 Å².